The van der Waals surface area contributed by atoms with Gasteiger partial charge in [-0.3, -0.25) is 4.90 Å². The predicted octanol–water partition coefficient (Wildman–Crippen LogP) is 2.62. The summed E-state index contributed by atoms with van der Waals surface area (Å²) in [6, 6.07) is 5.86. The summed E-state index contributed by atoms with van der Waals surface area (Å²) in [5, 5.41) is 13.2. The number of hydrogen-bond acceptors (Lipinski definition) is 5. The van der Waals surface area contributed by atoms with Crippen molar-refractivity contribution < 1.29 is 14.6 Å². The molecule has 0 spiro atoms. The van der Waals surface area contributed by atoms with Gasteiger partial charge in [0, 0.05) is 57.1 Å². The van der Waals surface area contributed by atoms with Gasteiger partial charge in [0.05, 0.1) is 7.11 Å². The molecule has 2 saturated heterocycles. The summed E-state index contributed by atoms with van der Waals surface area (Å²) in [6.07, 6.45) is 2.16. The lowest BCUT2D eigenvalue weighted by atomic mass is 9.85. The Hall–Kier alpha value is -0.720. The van der Waals surface area contributed by atoms with Crippen LogP contribution in [0.15, 0.2) is 18.2 Å². The Morgan fingerprint density at radius 3 is 2.50 bits per heavy atom. The van der Waals surface area contributed by atoms with Crippen LogP contribution >= 0.6 is 24.8 Å². The fourth-order valence-corrected chi connectivity index (χ4v) is 3.68. The molecule has 0 unspecified atom stereocenters. The molecule has 0 bridgehead atoms. The van der Waals surface area contributed by atoms with Gasteiger partial charge in [0.15, 0.2) is 0 Å². The van der Waals surface area contributed by atoms with E-state index >= 15 is 0 Å². The number of piperazine rings is 1. The molecule has 0 aliphatic carbocycles. The largest absolute Gasteiger partial charge is 0.508 e. The Bertz CT molecular complexity index is 475. The molecule has 2 heterocycles. The molecule has 7 heteroatoms. The van der Waals surface area contributed by atoms with Crippen molar-refractivity contribution in [1.29, 1.82) is 0 Å². The number of hydrogen-bond donors (Lipinski definition) is 2. The molecule has 2 aliphatic rings. The molecule has 2 fully saturated rings. The molecule has 2 N–H and O–H groups in total. The molecule has 1 aromatic rings. The van der Waals surface area contributed by atoms with Crippen molar-refractivity contribution in [3.05, 3.63) is 23.8 Å². The van der Waals surface area contributed by atoms with Gasteiger partial charge in [0.2, 0.25) is 0 Å². The molecule has 0 radical (unpaired) electrons. The minimum Gasteiger partial charge on any atom is -0.508 e. The Balaban J connectivity index is 0.00000144. The molecule has 0 aromatic heterocycles. The number of benzene rings is 1. The van der Waals surface area contributed by atoms with Crippen LogP contribution in [0.2, 0.25) is 0 Å². The van der Waals surface area contributed by atoms with Crippen LogP contribution in [0.5, 0.6) is 11.5 Å². The number of nitrogens with one attached hydrogen (secondary N) is 1. The summed E-state index contributed by atoms with van der Waals surface area (Å²) in [7, 11) is 1.68. The lowest BCUT2D eigenvalue weighted by Crippen LogP contribution is -2.47. The van der Waals surface area contributed by atoms with E-state index in [4.69, 9.17) is 9.47 Å². The summed E-state index contributed by atoms with van der Waals surface area (Å²) in [5.41, 5.74) is 1.19. The van der Waals surface area contributed by atoms with Crippen LogP contribution < -0.4 is 10.1 Å². The van der Waals surface area contributed by atoms with Crippen molar-refractivity contribution >= 4 is 24.8 Å². The maximum Gasteiger partial charge on any atom is 0.127 e. The van der Waals surface area contributed by atoms with E-state index in [-0.39, 0.29) is 30.6 Å². The van der Waals surface area contributed by atoms with E-state index in [1.54, 1.807) is 19.2 Å². The van der Waals surface area contributed by atoms with Crippen molar-refractivity contribution in [1.82, 2.24) is 10.2 Å². The van der Waals surface area contributed by atoms with Crippen LogP contribution in [0.4, 0.5) is 0 Å². The Morgan fingerprint density at radius 1 is 1.21 bits per heavy atom. The van der Waals surface area contributed by atoms with Gasteiger partial charge in [-0.25, -0.2) is 0 Å². The van der Waals surface area contributed by atoms with E-state index in [1.807, 2.05) is 6.07 Å². The highest BCUT2D eigenvalue weighted by Crippen LogP contribution is 2.40. The third-order valence-corrected chi connectivity index (χ3v) is 4.79. The number of halogens is 2. The number of phenols is 1. The number of rotatable bonds is 4. The molecule has 0 saturated carbocycles. The van der Waals surface area contributed by atoms with E-state index < -0.39 is 0 Å². The van der Waals surface area contributed by atoms with Crippen LogP contribution in [0.3, 0.4) is 0 Å². The van der Waals surface area contributed by atoms with Gasteiger partial charge in [-0.15, -0.1) is 24.8 Å². The lowest BCUT2D eigenvalue weighted by molar-refractivity contribution is 0.0206. The highest BCUT2D eigenvalue weighted by molar-refractivity contribution is 5.85. The normalized spacial score (nSPS) is 20.5. The zero-order valence-corrected chi connectivity index (χ0v) is 15.7. The van der Waals surface area contributed by atoms with Crippen molar-refractivity contribution in [2.24, 2.45) is 5.92 Å². The van der Waals surface area contributed by atoms with E-state index in [0.717, 1.165) is 58.0 Å². The predicted molar refractivity (Wildman–Crippen MR) is 99.9 cm³/mol. The highest BCUT2D eigenvalue weighted by Gasteiger charge is 2.33. The quantitative estimate of drug-likeness (QED) is 0.843. The molecule has 2 aliphatic heterocycles. The first kappa shape index (κ1) is 21.3. The van der Waals surface area contributed by atoms with Gasteiger partial charge in [-0.05, 0) is 24.8 Å². The second-order valence-electron chi connectivity index (χ2n) is 6.11. The van der Waals surface area contributed by atoms with Crippen molar-refractivity contribution in [3.63, 3.8) is 0 Å². The number of phenolic OH excluding ortho intramolecular Hbond substituents is 1. The molecule has 138 valence electrons. The average molecular weight is 379 g/mol. The minimum atomic E-state index is 0. The second-order valence-corrected chi connectivity index (χ2v) is 6.11. The van der Waals surface area contributed by atoms with Crippen LogP contribution in [0.1, 0.15) is 24.4 Å². The average Bonchev–Trinajstić information content (AvgIpc) is 2.58. The number of nitrogens with zero attached hydrogens (tertiary/aromatic N) is 1. The fraction of sp³-hybridized carbons (Fsp3) is 0.647. The van der Waals surface area contributed by atoms with Gasteiger partial charge >= 0.3 is 0 Å². The summed E-state index contributed by atoms with van der Waals surface area (Å²) < 4.78 is 11.1. The molecular formula is C17H28Cl2N2O3. The van der Waals surface area contributed by atoms with E-state index in [9.17, 15) is 5.11 Å². The molecule has 3 rings (SSSR count). The van der Waals surface area contributed by atoms with Gasteiger partial charge in [0.25, 0.3) is 0 Å². The lowest BCUT2D eigenvalue weighted by Gasteiger charge is -2.41. The Morgan fingerprint density at radius 2 is 1.88 bits per heavy atom. The summed E-state index contributed by atoms with van der Waals surface area (Å²) in [4.78, 5) is 2.56. The molecule has 24 heavy (non-hydrogen) atoms. The number of ether oxygens (including phenoxy) is 2. The van der Waals surface area contributed by atoms with Gasteiger partial charge in [-0.2, -0.15) is 0 Å². The fourth-order valence-electron chi connectivity index (χ4n) is 3.68. The van der Waals surface area contributed by atoms with E-state index in [0.29, 0.717) is 12.0 Å². The first-order valence-electron chi connectivity index (χ1n) is 8.19. The monoisotopic (exact) mass is 378 g/mol. The Kier molecular flexibility index (Phi) is 9.16. The summed E-state index contributed by atoms with van der Waals surface area (Å²) in [5.74, 6) is 1.62. The minimum absolute atomic E-state index is 0. The molecule has 5 nitrogen and oxygen atoms in total. The van der Waals surface area contributed by atoms with Crippen LogP contribution in [-0.4, -0.2) is 56.5 Å². The molecule has 1 aromatic carbocycles. The first-order chi connectivity index (χ1) is 10.8. The van der Waals surface area contributed by atoms with Crippen molar-refractivity contribution in [3.8, 4) is 11.5 Å². The van der Waals surface area contributed by atoms with Crippen LogP contribution in [0, 0.1) is 5.92 Å². The zero-order valence-electron chi connectivity index (χ0n) is 14.1. The topological polar surface area (TPSA) is 54.0 Å². The zero-order chi connectivity index (χ0) is 15.4. The number of aromatic hydroxyl groups is 1. The first-order valence-corrected chi connectivity index (χ1v) is 8.19. The Labute approximate surface area is 156 Å². The smallest absolute Gasteiger partial charge is 0.127 e. The third kappa shape index (κ3) is 4.90. The second kappa shape index (κ2) is 10.3. The third-order valence-electron chi connectivity index (χ3n) is 4.79. The van der Waals surface area contributed by atoms with Gasteiger partial charge in [0.1, 0.15) is 11.5 Å². The molecule has 1 atom stereocenters. The maximum absolute atomic E-state index is 9.75. The standard InChI is InChI=1S/C17H26N2O3.2ClH/c1-21-16-12-14(20)2-3-15(16)17(13-4-10-22-11-5-13)19-8-6-18-7-9-19;;/h2-3,12-13,17-18,20H,4-11H2,1H3;2*1H/t17-;;/m0../s1. The van der Waals surface area contributed by atoms with Crippen molar-refractivity contribution in [2.45, 2.75) is 18.9 Å². The number of methoxy groups -OCH3 is 1. The highest BCUT2D eigenvalue weighted by atomic mass is 35.5. The SMILES string of the molecule is COc1cc(O)ccc1[C@H](C1CCOCC1)N1CCNCC1.Cl.Cl. The van der Waals surface area contributed by atoms with Gasteiger partial charge in [-0.1, -0.05) is 6.07 Å². The van der Waals surface area contributed by atoms with E-state index in [1.165, 1.54) is 5.56 Å². The molecule has 0 amide bonds. The van der Waals surface area contributed by atoms with Crippen LogP contribution in [-0.2, 0) is 4.74 Å². The molecular weight excluding hydrogens is 351 g/mol. The maximum atomic E-state index is 9.75. The van der Waals surface area contributed by atoms with Crippen LogP contribution in [0.25, 0.3) is 0 Å². The summed E-state index contributed by atoms with van der Waals surface area (Å²) >= 11 is 0. The van der Waals surface area contributed by atoms with Gasteiger partial charge < -0.3 is 19.9 Å². The summed E-state index contributed by atoms with van der Waals surface area (Å²) in [6.45, 7) is 5.83. The van der Waals surface area contributed by atoms with E-state index in [2.05, 4.69) is 10.2 Å². The van der Waals surface area contributed by atoms with Crippen molar-refractivity contribution in [2.75, 3.05) is 46.5 Å².